The number of hydrogen-bond acceptors (Lipinski definition) is 10. The standard InChI is InChI=1S/C27H20N4O7/c1-2-33-21-10-14(5-8-18(21)37-27(32)19-4-3-9-34-19)22-16(12-28)25(29)38-26-23(22)24(30-31-26)15-6-7-17-20(11-15)36-13-35-17/h3-11,22H,2,13,29H2,1H3,(H,30,31). The van der Waals surface area contributed by atoms with E-state index in [0.29, 0.717) is 40.7 Å². The third kappa shape index (κ3) is 3.84. The van der Waals surface area contributed by atoms with Gasteiger partial charge in [-0.1, -0.05) is 6.07 Å². The molecule has 3 N–H and O–H groups in total. The number of nitriles is 1. The van der Waals surface area contributed by atoms with Crippen molar-refractivity contribution in [2.24, 2.45) is 5.73 Å². The fraction of sp³-hybridized carbons (Fsp3) is 0.148. The second-order valence-corrected chi connectivity index (χ2v) is 8.32. The van der Waals surface area contributed by atoms with Crippen LogP contribution < -0.4 is 29.4 Å². The fourth-order valence-electron chi connectivity index (χ4n) is 4.45. The Kier molecular flexibility index (Phi) is 5.61. The van der Waals surface area contributed by atoms with Gasteiger partial charge in [0.1, 0.15) is 11.6 Å². The molecule has 0 fully saturated rings. The van der Waals surface area contributed by atoms with E-state index in [2.05, 4.69) is 16.3 Å². The summed E-state index contributed by atoms with van der Waals surface area (Å²) in [4.78, 5) is 12.5. The van der Waals surface area contributed by atoms with Crippen LogP contribution in [0, 0.1) is 11.3 Å². The maximum atomic E-state index is 12.5. The van der Waals surface area contributed by atoms with Crippen molar-refractivity contribution in [3.63, 3.8) is 0 Å². The number of allylic oxidation sites excluding steroid dienone is 1. The van der Waals surface area contributed by atoms with Crippen LogP contribution in [-0.2, 0) is 0 Å². The zero-order valence-electron chi connectivity index (χ0n) is 20.0. The molecule has 38 heavy (non-hydrogen) atoms. The van der Waals surface area contributed by atoms with Gasteiger partial charge in [-0.25, -0.2) is 4.79 Å². The molecule has 11 nitrogen and oxygen atoms in total. The minimum absolute atomic E-state index is 0.0554. The van der Waals surface area contributed by atoms with Gasteiger partial charge >= 0.3 is 5.97 Å². The number of rotatable bonds is 6. The Morgan fingerprint density at radius 2 is 2.05 bits per heavy atom. The minimum atomic E-state index is -0.668. The second-order valence-electron chi connectivity index (χ2n) is 8.32. The molecule has 0 bridgehead atoms. The maximum absolute atomic E-state index is 12.5. The number of carbonyl (C=O) groups is 1. The van der Waals surface area contributed by atoms with Gasteiger partial charge in [0.25, 0.3) is 0 Å². The van der Waals surface area contributed by atoms with Crippen LogP contribution in [-0.4, -0.2) is 29.6 Å². The normalized spacial score (nSPS) is 15.4. The Bertz CT molecular complexity index is 1610. The van der Waals surface area contributed by atoms with Crippen molar-refractivity contribution in [1.29, 1.82) is 5.26 Å². The Labute approximate surface area is 215 Å². The number of aromatic nitrogens is 2. The zero-order valence-corrected chi connectivity index (χ0v) is 20.0. The van der Waals surface area contributed by atoms with Crippen LogP contribution in [0.5, 0.6) is 28.9 Å². The predicted octanol–water partition coefficient (Wildman–Crippen LogP) is 4.23. The van der Waals surface area contributed by atoms with Crippen LogP contribution >= 0.6 is 0 Å². The first-order chi connectivity index (χ1) is 18.6. The smallest absolute Gasteiger partial charge is 0.379 e. The summed E-state index contributed by atoms with van der Waals surface area (Å²) in [6.07, 6.45) is 1.38. The van der Waals surface area contributed by atoms with E-state index in [1.807, 2.05) is 19.1 Å². The van der Waals surface area contributed by atoms with Crippen LogP contribution in [0.3, 0.4) is 0 Å². The van der Waals surface area contributed by atoms with E-state index >= 15 is 0 Å². The number of esters is 1. The lowest BCUT2D eigenvalue weighted by atomic mass is 9.83. The lowest BCUT2D eigenvalue weighted by Crippen LogP contribution is -2.21. The highest BCUT2D eigenvalue weighted by atomic mass is 16.7. The lowest BCUT2D eigenvalue weighted by molar-refractivity contribution is 0.0695. The Hall–Kier alpha value is -5.37. The first-order valence-corrected chi connectivity index (χ1v) is 11.7. The molecule has 0 radical (unpaired) electrons. The Balaban J connectivity index is 1.44. The molecule has 4 aromatic rings. The predicted molar refractivity (Wildman–Crippen MR) is 131 cm³/mol. The summed E-state index contributed by atoms with van der Waals surface area (Å²) in [5.74, 6) is 0.653. The molecule has 6 rings (SSSR count). The summed E-state index contributed by atoms with van der Waals surface area (Å²) in [7, 11) is 0. The molecule has 2 aliphatic heterocycles. The monoisotopic (exact) mass is 512 g/mol. The minimum Gasteiger partial charge on any atom is -0.490 e. The lowest BCUT2D eigenvalue weighted by Gasteiger charge is -2.25. The number of nitrogens with one attached hydrogen (secondary N) is 1. The molecule has 0 aliphatic carbocycles. The van der Waals surface area contributed by atoms with Crippen LogP contribution in [0.4, 0.5) is 0 Å². The molecule has 11 heteroatoms. The van der Waals surface area contributed by atoms with Gasteiger partial charge in [-0.3, -0.25) is 5.10 Å². The number of fused-ring (bicyclic) bond motifs is 2. The fourth-order valence-corrected chi connectivity index (χ4v) is 4.45. The summed E-state index contributed by atoms with van der Waals surface area (Å²) in [6, 6.07) is 15.8. The average Bonchev–Trinajstić information content (AvgIpc) is 3.69. The molecule has 1 atom stereocenters. The number of benzene rings is 2. The van der Waals surface area contributed by atoms with E-state index in [-0.39, 0.29) is 35.6 Å². The quantitative estimate of drug-likeness (QED) is 0.283. The van der Waals surface area contributed by atoms with Crippen molar-refractivity contribution in [1.82, 2.24) is 10.2 Å². The van der Waals surface area contributed by atoms with Crippen molar-refractivity contribution < 1.29 is 32.9 Å². The van der Waals surface area contributed by atoms with Crippen molar-refractivity contribution in [2.75, 3.05) is 13.4 Å². The number of ether oxygens (including phenoxy) is 5. The Morgan fingerprint density at radius 1 is 1.18 bits per heavy atom. The van der Waals surface area contributed by atoms with E-state index < -0.39 is 11.9 Å². The van der Waals surface area contributed by atoms with Gasteiger partial charge in [0.05, 0.1) is 30.0 Å². The summed E-state index contributed by atoms with van der Waals surface area (Å²) in [5, 5.41) is 17.4. The van der Waals surface area contributed by atoms with Crippen molar-refractivity contribution in [2.45, 2.75) is 12.8 Å². The van der Waals surface area contributed by atoms with Gasteiger partial charge < -0.3 is 33.8 Å². The molecule has 1 unspecified atom stereocenters. The number of hydrogen-bond donors (Lipinski definition) is 2. The molecule has 0 spiro atoms. The van der Waals surface area contributed by atoms with Crippen LogP contribution in [0.25, 0.3) is 11.3 Å². The number of aromatic amines is 1. The highest BCUT2D eigenvalue weighted by Crippen LogP contribution is 2.48. The first-order valence-electron chi connectivity index (χ1n) is 11.7. The van der Waals surface area contributed by atoms with Crippen molar-refractivity contribution in [3.05, 3.63) is 83.1 Å². The number of nitrogens with two attached hydrogens (primary N) is 1. The molecule has 2 aliphatic rings. The molecule has 0 saturated heterocycles. The largest absolute Gasteiger partial charge is 0.490 e. The third-order valence-electron chi connectivity index (χ3n) is 6.13. The topological polar surface area (TPSA) is 155 Å². The highest BCUT2D eigenvalue weighted by Gasteiger charge is 2.36. The zero-order chi connectivity index (χ0) is 26.2. The third-order valence-corrected chi connectivity index (χ3v) is 6.13. The molecule has 0 saturated carbocycles. The molecule has 2 aromatic carbocycles. The number of furan rings is 1. The van der Waals surface area contributed by atoms with Crippen LogP contribution in [0.2, 0.25) is 0 Å². The molecule has 2 aromatic heterocycles. The van der Waals surface area contributed by atoms with Gasteiger partial charge in [-0.2, -0.15) is 5.26 Å². The van der Waals surface area contributed by atoms with E-state index in [4.69, 9.17) is 33.8 Å². The van der Waals surface area contributed by atoms with Gasteiger partial charge in [-0.15, -0.1) is 5.10 Å². The second kappa shape index (κ2) is 9.25. The van der Waals surface area contributed by atoms with Crippen molar-refractivity contribution in [3.8, 4) is 46.2 Å². The van der Waals surface area contributed by atoms with Crippen LogP contribution in [0.1, 0.15) is 34.5 Å². The van der Waals surface area contributed by atoms with E-state index in [0.717, 1.165) is 5.56 Å². The van der Waals surface area contributed by atoms with Gasteiger partial charge in [-0.05, 0) is 55.0 Å². The maximum Gasteiger partial charge on any atom is 0.379 e. The molecule has 0 amide bonds. The average molecular weight is 512 g/mol. The highest BCUT2D eigenvalue weighted by molar-refractivity contribution is 5.88. The summed E-state index contributed by atoms with van der Waals surface area (Å²) >= 11 is 0. The SMILES string of the molecule is CCOc1cc(C2C(C#N)=C(N)Oc3n[nH]c(-c4ccc5c(c4)OCO5)c32)ccc1OC(=O)c1ccco1. The molecular formula is C27H20N4O7. The number of H-pyrrole nitrogens is 1. The molecule has 4 heterocycles. The first kappa shape index (κ1) is 23.1. The van der Waals surface area contributed by atoms with Gasteiger partial charge in [0, 0.05) is 5.56 Å². The van der Waals surface area contributed by atoms with Crippen molar-refractivity contribution >= 4 is 5.97 Å². The summed E-state index contributed by atoms with van der Waals surface area (Å²) in [5.41, 5.74) is 8.97. The number of nitrogens with zero attached hydrogens (tertiary/aromatic N) is 2. The number of carbonyl (C=O) groups excluding carboxylic acids is 1. The summed E-state index contributed by atoms with van der Waals surface area (Å²) in [6.45, 7) is 2.26. The van der Waals surface area contributed by atoms with Crippen LogP contribution in [0.15, 0.2) is 70.7 Å². The molecule has 190 valence electrons. The van der Waals surface area contributed by atoms with E-state index in [1.54, 1.807) is 30.3 Å². The summed E-state index contributed by atoms with van der Waals surface area (Å²) < 4.78 is 33.1. The van der Waals surface area contributed by atoms with Gasteiger partial charge in [0.15, 0.2) is 23.0 Å². The Morgan fingerprint density at radius 3 is 2.84 bits per heavy atom. The van der Waals surface area contributed by atoms with E-state index in [1.165, 1.54) is 12.3 Å². The molecular weight excluding hydrogens is 492 g/mol. The van der Waals surface area contributed by atoms with Gasteiger partial charge in [0.2, 0.25) is 24.3 Å². The van der Waals surface area contributed by atoms with E-state index in [9.17, 15) is 10.1 Å².